The zero-order chi connectivity index (χ0) is 12.3. The first kappa shape index (κ1) is 12.6. The molecule has 0 radical (unpaired) electrons. The van der Waals surface area contributed by atoms with Crippen molar-refractivity contribution in [1.82, 2.24) is 5.32 Å². The Bertz CT molecular complexity index is 346. The van der Waals surface area contributed by atoms with Crippen molar-refractivity contribution >= 4 is 0 Å². The molecule has 0 amide bonds. The maximum absolute atomic E-state index is 3.65. The third kappa shape index (κ3) is 3.32. The second-order valence-corrected chi connectivity index (χ2v) is 5.56. The van der Waals surface area contributed by atoms with E-state index in [4.69, 9.17) is 0 Å². The smallest absolute Gasteiger partial charge is 0.0322 e. The molecular formula is C16H25N. The molecule has 1 aliphatic rings. The molecule has 0 aromatic heterocycles. The van der Waals surface area contributed by atoms with Crippen LogP contribution in [0.4, 0.5) is 0 Å². The van der Waals surface area contributed by atoms with E-state index in [0.717, 1.165) is 12.5 Å². The van der Waals surface area contributed by atoms with E-state index in [1.165, 1.54) is 42.4 Å². The Morgan fingerprint density at radius 2 is 1.82 bits per heavy atom. The summed E-state index contributed by atoms with van der Waals surface area (Å²) in [7, 11) is 0. The third-order valence-corrected chi connectivity index (χ3v) is 3.89. The first-order chi connectivity index (χ1) is 8.19. The van der Waals surface area contributed by atoms with Crippen molar-refractivity contribution in [3.63, 3.8) is 0 Å². The average molecular weight is 231 g/mol. The van der Waals surface area contributed by atoms with Crippen LogP contribution in [0.1, 0.15) is 55.3 Å². The normalized spacial score (nSPS) is 17.8. The molecule has 0 aliphatic heterocycles. The van der Waals surface area contributed by atoms with Gasteiger partial charge in [-0.25, -0.2) is 0 Å². The van der Waals surface area contributed by atoms with Gasteiger partial charge in [-0.3, -0.25) is 0 Å². The molecule has 1 fully saturated rings. The molecule has 1 heteroatoms. The van der Waals surface area contributed by atoms with Gasteiger partial charge in [0.2, 0.25) is 0 Å². The second kappa shape index (κ2) is 5.68. The minimum atomic E-state index is 0.559. The number of benzene rings is 1. The lowest BCUT2D eigenvalue weighted by molar-refractivity contribution is 0.262. The summed E-state index contributed by atoms with van der Waals surface area (Å²) in [5, 5.41) is 3.65. The van der Waals surface area contributed by atoms with Crippen LogP contribution in [0, 0.1) is 19.8 Å². The predicted molar refractivity (Wildman–Crippen MR) is 74.3 cm³/mol. The van der Waals surface area contributed by atoms with Gasteiger partial charge in [-0.05, 0) is 38.3 Å². The van der Waals surface area contributed by atoms with E-state index in [0.29, 0.717) is 6.04 Å². The topological polar surface area (TPSA) is 12.0 Å². The first-order valence-electron chi connectivity index (χ1n) is 7.00. The van der Waals surface area contributed by atoms with Crippen molar-refractivity contribution < 1.29 is 0 Å². The Labute approximate surface area is 106 Å². The Morgan fingerprint density at radius 3 is 2.29 bits per heavy atom. The van der Waals surface area contributed by atoms with E-state index < -0.39 is 0 Å². The molecule has 0 spiro atoms. The quantitative estimate of drug-likeness (QED) is 0.803. The lowest BCUT2D eigenvalue weighted by Crippen LogP contribution is -2.26. The van der Waals surface area contributed by atoms with Crippen molar-refractivity contribution in [1.29, 1.82) is 0 Å². The van der Waals surface area contributed by atoms with Crippen molar-refractivity contribution in [2.24, 2.45) is 5.92 Å². The molecule has 1 aliphatic carbocycles. The van der Waals surface area contributed by atoms with Crippen molar-refractivity contribution in [3.8, 4) is 0 Å². The minimum absolute atomic E-state index is 0.559. The van der Waals surface area contributed by atoms with Gasteiger partial charge in [0.05, 0.1) is 0 Å². The zero-order valence-electron chi connectivity index (χ0n) is 11.4. The SMILES string of the molecule is CCNC(CC1CCC1)c1cc(C)cc(C)c1. The molecule has 1 unspecified atom stereocenters. The fourth-order valence-corrected chi connectivity index (χ4v) is 2.86. The zero-order valence-corrected chi connectivity index (χ0v) is 11.4. The summed E-state index contributed by atoms with van der Waals surface area (Å²) < 4.78 is 0. The highest BCUT2D eigenvalue weighted by molar-refractivity contribution is 5.30. The van der Waals surface area contributed by atoms with Crippen LogP contribution in [0.5, 0.6) is 0 Å². The van der Waals surface area contributed by atoms with Gasteiger partial charge >= 0.3 is 0 Å². The van der Waals surface area contributed by atoms with Crippen LogP contribution in [0.15, 0.2) is 18.2 Å². The van der Waals surface area contributed by atoms with Crippen LogP contribution in [-0.2, 0) is 0 Å². The molecule has 17 heavy (non-hydrogen) atoms. The summed E-state index contributed by atoms with van der Waals surface area (Å²) in [6.07, 6.45) is 5.63. The molecule has 0 saturated heterocycles. The van der Waals surface area contributed by atoms with Crippen LogP contribution in [0.2, 0.25) is 0 Å². The molecule has 1 N–H and O–H groups in total. The molecule has 1 aromatic carbocycles. The highest BCUT2D eigenvalue weighted by Gasteiger charge is 2.22. The Hall–Kier alpha value is -0.820. The average Bonchev–Trinajstić information content (AvgIpc) is 2.20. The predicted octanol–water partition coefficient (Wildman–Crippen LogP) is 4.14. The highest BCUT2D eigenvalue weighted by Crippen LogP contribution is 2.35. The molecule has 0 bridgehead atoms. The van der Waals surface area contributed by atoms with Crippen LogP contribution < -0.4 is 5.32 Å². The molecule has 1 aromatic rings. The summed E-state index contributed by atoms with van der Waals surface area (Å²) >= 11 is 0. The lowest BCUT2D eigenvalue weighted by atomic mass is 9.79. The summed E-state index contributed by atoms with van der Waals surface area (Å²) in [6, 6.07) is 7.51. The van der Waals surface area contributed by atoms with Crippen LogP contribution >= 0.6 is 0 Å². The van der Waals surface area contributed by atoms with Gasteiger partial charge in [-0.15, -0.1) is 0 Å². The minimum Gasteiger partial charge on any atom is -0.310 e. The van der Waals surface area contributed by atoms with Crippen LogP contribution in [0.3, 0.4) is 0 Å². The lowest BCUT2D eigenvalue weighted by Gasteiger charge is -2.30. The number of nitrogens with one attached hydrogen (secondary N) is 1. The molecular weight excluding hydrogens is 206 g/mol. The molecule has 1 nitrogen and oxygen atoms in total. The summed E-state index contributed by atoms with van der Waals surface area (Å²) in [5.74, 6) is 0.958. The monoisotopic (exact) mass is 231 g/mol. The van der Waals surface area contributed by atoms with E-state index in [-0.39, 0.29) is 0 Å². The largest absolute Gasteiger partial charge is 0.310 e. The van der Waals surface area contributed by atoms with Crippen molar-refractivity contribution in [2.45, 2.75) is 52.5 Å². The van der Waals surface area contributed by atoms with Crippen LogP contribution in [-0.4, -0.2) is 6.54 Å². The standard InChI is InChI=1S/C16H25N/c1-4-17-16(11-14-6-5-7-14)15-9-12(2)8-13(3)10-15/h8-10,14,16-17H,4-7,11H2,1-3H3. The summed E-state index contributed by atoms with van der Waals surface area (Å²) in [5.41, 5.74) is 4.25. The summed E-state index contributed by atoms with van der Waals surface area (Å²) in [6.45, 7) is 7.66. The molecule has 1 saturated carbocycles. The maximum Gasteiger partial charge on any atom is 0.0322 e. The highest BCUT2D eigenvalue weighted by atomic mass is 14.9. The Balaban J connectivity index is 2.12. The van der Waals surface area contributed by atoms with Gasteiger partial charge in [0, 0.05) is 6.04 Å². The van der Waals surface area contributed by atoms with Gasteiger partial charge < -0.3 is 5.32 Å². The van der Waals surface area contributed by atoms with Gasteiger partial charge in [-0.2, -0.15) is 0 Å². The van der Waals surface area contributed by atoms with Gasteiger partial charge in [-0.1, -0.05) is 55.5 Å². The first-order valence-corrected chi connectivity index (χ1v) is 7.00. The molecule has 94 valence electrons. The fourth-order valence-electron chi connectivity index (χ4n) is 2.86. The fraction of sp³-hybridized carbons (Fsp3) is 0.625. The van der Waals surface area contributed by atoms with Gasteiger partial charge in [0.15, 0.2) is 0 Å². The number of hydrogen-bond acceptors (Lipinski definition) is 1. The number of aryl methyl sites for hydroxylation is 2. The molecule has 0 heterocycles. The van der Waals surface area contributed by atoms with Crippen molar-refractivity contribution in [3.05, 3.63) is 34.9 Å². The van der Waals surface area contributed by atoms with E-state index in [9.17, 15) is 0 Å². The number of rotatable bonds is 5. The Morgan fingerprint density at radius 1 is 1.18 bits per heavy atom. The molecule has 2 rings (SSSR count). The Kier molecular flexibility index (Phi) is 4.22. The van der Waals surface area contributed by atoms with Gasteiger partial charge in [0.1, 0.15) is 0 Å². The van der Waals surface area contributed by atoms with E-state index in [1.54, 1.807) is 0 Å². The maximum atomic E-state index is 3.65. The third-order valence-electron chi connectivity index (χ3n) is 3.89. The van der Waals surface area contributed by atoms with E-state index >= 15 is 0 Å². The van der Waals surface area contributed by atoms with Crippen molar-refractivity contribution in [2.75, 3.05) is 6.54 Å². The number of hydrogen-bond donors (Lipinski definition) is 1. The van der Waals surface area contributed by atoms with E-state index in [2.05, 4.69) is 44.3 Å². The van der Waals surface area contributed by atoms with E-state index in [1.807, 2.05) is 0 Å². The van der Waals surface area contributed by atoms with Gasteiger partial charge in [0.25, 0.3) is 0 Å². The molecule has 1 atom stereocenters. The van der Waals surface area contributed by atoms with Crippen LogP contribution in [0.25, 0.3) is 0 Å². The summed E-state index contributed by atoms with van der Waals surface area (Å²) in [4.78, 5) is 0. The second-order valence-electron chi connectivity index (χ2n) is 5.56.